The van der Waals surface area contributed by atoms with Crippen LogP contribution in [0.3, 0.4) is 0 Å². The molecule has 2 aromatic carbocycles. The summed E-state index contributed by atoms with van der Waals surface area (Å²) in [6.07, 6.45) is 2.88. The number of nitrogens with zero attached hydrogens (tertiary/aromatic N) is 3. The number of anilines is 2. The van der Waals surface area contributed by atoms with Crippen molar-refractivity contribution >= 4 is 40.3 Å². The first-order chi connectivity index (χ1) is 13.0. The van der Waals surface area contributed by atoms with Crippen molar-refractivity contribution in [1.82, 2.24) is 0 Å². The van der Waals surface area contributed by atoms with Gasteiger partial charge in [0.2, 0.25) is 0 Å². The van der Waals surface area contributed by atoms with Crippen LogP contribution in [0.4, 0.5) is 11.4 Å². The van der Waals surface area contributed by atoms with Crippen molar-refractivity contribution in [3.63, 3.8) is 0 Å². The fourth-order valence-corrected chi connectivity index (χ4v) is 3.75. The van der Waals surface area contributed by atoms with Crippen LogP contribution in [0.15, 0.2) is 64.5 Å². The van der Waals surface area contributed by atoms with E-state index >= 15 is 0 Å². The smallest absolute Gasteiger partial charge is 0.271 e. The van der Waals surface area contributed by atoms with E-state index in [9.17, 15) is 4.79 Å². The number of aliphatic imine (C=N–C) groups is 1. The first-order valence-corrected chi connectivity index (χ1v) is 9.95. The monoisotopic (exact) mass is 379 g/mol. The van der Waals surface area contributed by atoms with E-state index in [2.05, 4.69) is 30.9 Å². The molecule has 1 aliphatic heterocycles. The Hall–Kier alpha value is -2.53. The van der Waals surface area contributed by atoms with Crippen molar-refractivity contribution in [3.05, 3.63) is 65.1 Å². The van der Waals surface area contributed by atoms with Crippen LogP contribution in [0.2, 0.25) is 0 Å². The molecule has 3 rings (SSSR count). The number of carbonyl (C=O) groups is 1. The molecule has 0 aromatic heterocycles. The van der Waals surface area contributed by atoms with E-state index in [0.29, 0.717) is 4.91 Å². The fourth-order valence-electron chi connectivity index (χ4n) is 2.66. The van der Waals surface area contributed by atoms with Crippen LogP contribution in [-0.4, -0.2) is 31.2 Å². The number of hydrogen-bond donors (Lipinski definition) is 0. The number of rotatable bonds is 5. The lowest BCUT2D eigenvalue weighted by molar-refractivity contribution is -0.113. The second-order valence-electron chi connectivity index (χ2n) is 6.74. The van der Waals surface area contributed by atoms with Crippen LogP contribution in [-0.2, 0) is 4.79 Å². The van der Waals surface area contributed by atoms with Gasteiger partial charge in [0, 0.05) is 25.8 Å². The summed E-state index contributed by atoms with van der Waals surface area (Å²) in [6, 6.07) is 18.1. The molecule has 1 atom stereocenters. The molecule has 0 N–H and O–H groups in total. The number of para-hydroxylation sites is 1. The minimum Gasteiger partial charge on any atom is -0.378 e. The number of thioether (sulfide) groups is 1. The summed E-state index contributed by atoms with van der Waals surface area (Å²) in [5.74, 6) is -0.0232. The maximum atomic E-state index is 13.1. The number of amides is 1. The van der Waals surface area contributed by atoms with Gasteiger partial charge in [-0.25, -0.2) is 0 Å². The molecule has 0 aliphatic carbocycles. The first-order valence-electron chi connectivity index (χ1n) is 9.14. The zero-order valence-electron chi connectivity index (χ0n) is 16.2. The Bertz CT molecular complexity index is 857. The standard InChI is InChI=1S/C22H25N3OS/c1-5-16(2)23-22-25(19-9-7-6-8-10-19)21(26)20(27-22)15-17-11-13-18(14-12-17)24(3)4/h6-16H,5H2,1-4H3/b20-15-,23-22-. The molecule has 1 unspecified atom stereocenters. The third kappa shape index (κ3) is 4.42. The van der Waals surface area contributed by atoms with Crippen molar-refractivity contribution in [2.24, 2.45) is 4.99 Å². The third-order valence-corrected chi connectivity index (χ3v) is 5.43. The van der Waals surface area contributed by atoms with Gasteiger partial charge in [0.05, 0.1) is 10.6 Å². The van der Waals surface area contributed by atoms with Gasteiger partial charge in [0.15, 0.2) is 5.17 Å². The van der Waals surface area contributed by atoms with E-state index in [1.54, 1.807) is 4.90 Å². The maximum absolute atomic E-state index is 13.1. The molecule has 1 aliphatic rings. The van der Waals surface area contributed by atoms with Gasteiger partial charge in [-0.3, -0.25) is 14.7 Å². The summed E-state index contributed by atoms with van der Waals surface area (Å²) < 4.78 is 0. The Balaban J connectivity index is 1.95. The average Bonchev–Trinajstić information content (AvgIpc) is 2.97. The van der Waals surface area contributed by atoms with Crippen LogP contribution < -0.4 is 9.80 Å². The number of hydrogen-bond acceptors (Lipinski definition) is 4. The summed E-state index contributed by atoms with van der Waals surface area (Å²) in [6.45, 7) is 4.18. The van der Waals surface area contributed by atoms with Gasteiger partial charge in [-0.1, -0.05) is 37.3 Å². The van der Waals surface area contributed by atoms with Gasteiger partial charge in [0.1, 0.15) is 0 Å². The van der Waals surface area contributed by atoms with Crippen molar-refractivity contribution in [2.45, 2.75) is 26.3 Å². The highest BCUT2D eigenvalue weighted by molar-refractivity contribution is 8.19. The van der Waals surface area contributed by atoms with Crippen molar-refractivity contribution in [2.75, 3.05) is 23.9 Å². The Morgan fingerprint density at radius 3 is 2.37 bits per heavy atom. The lowest BCUT2D eigenvalue weighted by atomic mass is 10.2. The number of carbonyl (C=O) groups excluding carboxylic acids is 1. The average molecular weight is 380 g/mol. The van der Waals surface area contributed by atoms with E-state index in [0.717, 1.165) is 28.5 Å². The molecule has 0 saturated carbocycles. The van der Waals surface area contributed by atoms with Crippen LogP contribution in [0, 0.1) is 0 Å². The summed E-state index contributed by atoms with van der Waals surface area (Å²) in [4.78, 5) is 22.4. The summed E-state index contributed by atoms with van der Waals surface area (Å²) in [5, 5.41) is 0.747. The summed E-state index contributed by atoms with van der Waals surface area (Å²) >= 11 is 1.45. The molecule has 5 heteroatoms. The summed E-state index contributed by atoms with van der Waals surface area (Å²) in [5.41, 5.74) is 2.99. The van der Waals surface area contributed by atoms with Crippen molar-refractivity contribution in [1.29, 1.82) is 0 Å². The fraction of sp³-hybridized carbons (Fsp3) is 0.273. The Kier molecular flexibility index (Phi) is 6.01. The molecular formula is C22H25N3OS. The van der Waals surface area contributed by atoms with E-state index < -0.39 is 0 Å². The Morgan fingerprint density at radius 2 is 1.78 bits per heavy atom. The molecule has 1 amide bonds. The van der Waals surface area contributed by atoms with Gasteiger partial charge >= 0.3 is 0 Å². The topological polar surface area (TPSA) is 35.9 Å². The van der Waals surface area contributed by atoms with E-state index in [-0.39, 0.29) is 11.9 Å². The van der Waals surface area contributed by atoms with E-state index in [1.807, 2.05) is 62.6 Å². The molecule has 1 heterocycles. The Morgan fingerprint density at radius 1 is 1.11 bits per heavy atom. The lowest BCUT2D eigenvalue weighted by Gasteiger charge is -2.16. The van der Waals surface area contributed by atoms with Gasteiger partial charge < -0.3 is 4.90 Å². The van der Waals surface area contributed by atoms with Gasteiger partial charge in [-0.2, -0.15) is 0 Å². The molecule has 1 saturated heterocycles. The van der Waals surface area contributed by atoms with Crippen LogP contribution in [0.25, 0.3) is 6.08 Å². The minimum absolute atomic E-state index is 0.0232. The minimum atomic E-state index is -0.0232. The third-order valence-electron chi connectivity index (χ3n) is 4.45. The number of amidine groups is 1. The van der Waals surface area contributed by atoms with Gasteiger partial charge in [-0.15, -0.1) is 0 Å². The predicted molar refractivity (Wildman–Crippen MR) is 117 cm³/mol. The zero-order valence-corrected chi connectivity index (χ0v) is 17.0. The highest BCUT2D eigenvalue weighted by atomic mass is 32.2. The second kappa shape index (κ2) is 8.44. The molecule has 0 bridgehead atoms. The molecule has 1 fully saturated rings. The van der Waals surface area contributed by atoms with Crippen molar-refractivity contribution < 1.29 is 4.79 Å². The lowest BCUT2D eigenvalue weighted by Crippen LogP contribution is -2.29. The first kappa shape index (κ1) is 19.2. The molecule has 0 radical (unpaired) electrons. The van der Waals surface area contributed by atoms with Gasteiger partial charge in [0.25, 0.3) is 5.91 Å². The van der Waals surface area contributed by atoms with Crippen LogP contribution >= 0.6 is 11.8 Å². The molecule has 0 spiro atoms. The highest BCUT2D eigenvalue weighted by Gasteiger charge is 2.34. The number of benzene rings is 2. The second-order valence-corrected chi connectivity index (χ2v) is 7.75. The highest BCUT2D eigenvalue weighted by Crippen LogP contribution is 2.36. The van der Waals surface area contributed by atoms with Crippen molar-refractivity contribution in [3.8, 4) is 0 Å². The van der Waals surface area contributed by atoms with E-state index in [4.69, 9.17) is 4.99 Å². The van der Waals surface area contributed by atoms with Crippen LogP contribution in [0.1, 0.15) is 25.8 Å². The molecular weight excluding hydrogens is 354 g/mol. The molecule has 140 valence electrons. The molecule has 2 aromatic rings. The zero-order chi connectivity index (χ0) is 19.4. The SMILES string of the molecule is CCC(C)/N=C1\S/C(=C\c2ccc(N(C)C)cc2)C(=O)N1c1ccccc1. The predicted octanol–water partition coefficient (Wildman–Crippen LogP) is 5.03. The normalized spacial score (nSPS) is 18.4. The maximum Gasteiger partial charge on any atom is 0.271 e. The van der Waals surface area contributed by atoms with E-state index in [1.165, 1.54) is 11.8 Å². The molecule has 4 nitrogen and oxygen atoms in total. The quantitative estimate of drug-likeness (QED) is 0.684. The Labute approximate surface area is 165 Å². The largest absolute Gasteiger partial charge is 0.378 e. The molecule has 27 heavy (non-hydrogen) atoms. The van der Waals surface area contributed by atoms with Gasteiger partial charge in [-0.05, 0) is 61.0 Å². The van der Waals surface area contributed by atoms with Crippen LogP contribution in [0.5, 0.6) is 0 Å². The summed E-state index contributed by atoms with van der Waals surface area (Å²) in [7, 11) is 4.03.